The van der Waals surface area contributed by atoms with Crippen molar-refractivity contribution in [2.75, 3.05) is 18.2 Å². The highest BCUT2D eigenvalue weighted by molar-refractivity contribution is 7.91. The molecule has 1 amide bonds. The topological polar surface area (TPSA) is 89.5 Å². The van der Waals surface area contributed by atoms with Crippen LogP contribution in [0.5, 0.6) is 0 Å². The third-order valence-electron chi connectivity index (χ3n) is 3.58. The van der Waals surface area contributed by atoms with Gasteiger partial charge in [0.2, 0.25) is 5.91 Å². The Morgan fingerprint density at radius 2 is 1.68 bits per heavy atom. The summed E-state index contributed by atoms with van der Waals surface area (Å²) in [5.41, 5.74) is 1.45. The first-order valence-corrected chi connectivity index (χ1v) is 9.25. The Labute approximate surface area is 146 Å². The number of amides is 1. The monoisotopic (exact) mass is 361 g/mol. The molecule has 0 aliphatic rings. The molecule has 0 aliphatic heterocycles. The van der Waals surface area contributed by atoms with Crippen LogP contribution in [0.25, 0.3) is 0 Å². The number of carbonyl (C=O) groups excluding carboxylic acids is 2. The van der Waals surface area contributed by atoms with Gasteiger partial charge in [-0.05, 0) is 31.2 Å². The summed E-state index contributed by atoms with van der Waals surface area (Å²) in [5.74, 6) is -1.39. The van der Waals surface area contributed by atoms with Gasteiger partial charge in [-0.3, -0.25) is 4.79 Å². The molecule has 25 heavy (non-hydrogen) atoms. The van der Waals surface area contributed by atoms with E-state index in [1.165, 1.54) is 25.3 Å². The van der Waals surface area contributed by atoms with Crippen molar-refractivity contribution < 1.29 is 22.7 Å². The maximum atomic E-state index is 12.3. The lowest BCUT2D eigenvalue weighted by Gasteiger charge is -2.10. The molecule has 0 unspecified atom stereocenters. The minimum Gasteiger partial charge on any atom is -0.465 e. The lowest BCUT2D eigenvalue weighted by atomic mass is 10.2. The van der Waals surface area contributed by atoms with Gasteiger partial charge >= 0.3 is 5.97 Å². The number of esters is 1. The van der Waals surface area contributed by atoms with Crippen LogP contribution in [0.15, 0.2) is 53.4 Å². The van der Waals surface area contributed by atoms with Crippen molar-refractivity contribution >= 4 is 27.4 Å². The van der Waals surface area contributed by atoms with Gasteiger partial charge in [0.1, 0.15) is 0 Å². The van der Waals surface area contributed by atoms with Crippen molar-refractivity contribution in [2.45, 2.75) is 18.2 Å². The van der Waals surface area contributed by atoms with Gasteiger partial charge in [-0.2, -0.15) is 0 Å². The van der Waals surface area contributed by atoms with Crippen molar-refractivity contribution in [3.8, 4) is 0 Å². The maximum absolute atomic E-state index is 12.3. The molecule has 7 heteroatoms. The van der Waals surface area contributed by atoms with Crippen LogP contribution >= 0.6 is 0 Å². The van der Waals surface area contributed by atoms with Crippen LogP contribution in [0.2, 0.25) is 0 Å². The number of carbonyl (C=O) groups is 2. The number of para-hydroxylation sites is 1. The normalized spacial score (nSPS) is 11.0. The molecule has 1 N–H and O–H groups in total. The summed E-state index contributed by atoms with van der Waals surface area (Å²) < 4.78 is 29.2. The van der Waals surface area contributed by atoms with Crippen molar-refractivity contribution in [1.82, 2.24) is 0 Å². The van der Waals surface area contributed by atoms with E-state index in [9.17, 15) is 18.0 Å². The number of sulfone groups is 1. The Kier molecular flexibility index (Phi) is 5.93. The van der Waals surface area contributed by atoms with Crippen molar-refractivity contribution in [3.63, 3.8) is 0 Å². The molecule has 6 nitrogen and oxygen atoms in total. The quantitative estimate of drug-likeness (QED) is 0.799. The minimum atomic E-state index is -3.55. The lowest BCUT2D eigenvalue weighted by Crippen LogP contribution is -2.19. The first kappa shape index (κ1) is 18.7. The van der Waals surface area contributed by atoms with Crippen LogP contribution in [0.1, 0.15) is 22.3 Å². The van der Waals surface area contributed by atoms with E-state index in [1.54, 1.807) is 30.3 Å². The number of methoxy groups -OCH3 is 1. The lowest BCUT2D eigenvalue weighted by molar-refractivity contribution is -0.115. The molecule has 0 bridgehead atoms. The molecular weight excluding hydrogens is 342 g/mol. The van der Waals surface area contributed by atoms with E-state index < -0.39 is 21.7 Å². The number of anilines is 1. The Morgan fingerprint density at radius 1 is 1.04 bits per heavy atom. The number of rotatable bonds is 6. The largest absolute Gasteiger partial charge is 0.465 e. The summed E-state index contributed by atoms with van der Waals surface area (Å²) in [4.78, 5) is 23.9. The second-order valence-corrected chi connectivity index (χ2v) is 7.58. The van der Waals surface area contributed by atoms with E-state index >= 15 is 0 Å². The van der Waals surface area contributed by atoms with Crippen LogP contribution in [0.4, 0.5) is 5.69 Å². The molecule has 0 aliphatic carbocycles. The molecule has 0 radical (unpaired) electrons. The highest BCUT2D eigenvalue weighted by Crippen LogP contribution is 2.17. The highest BCUT2D eigenvalue weighted by atomic mass is 32.2. The highest BCUT2D eigenvalue weighted by Gasteiger charge is 2.18. The number of hydrogen-bond acceptors (Lipinski definition) is 5. The smallest absolute Gasteiger partial charge is 0.339 e. The van der Waals surface area contributed by atoms with E-state index in [0.29, 0.717) is 0 Å². The third kappa shape index (κ3) is 4.90. The summed E-state index contributed by atoms with van der Waals surface area (Å²) in [7, 11) is -2.30. The Bertz CT molecular complexity index is 873. The van der Waals surface area contributed by atoms with Gasteiger partial charge in [0, 0.05) is 6.42 Å². The van der Waals surface area contributed by atoms with Crippen LogP contribution in [0.3, 0.4) is 0 Å². The molecule has 0 saturated carbocycles. The number of ether oxygens (including phenoxy) is 1. The van der Waals surface area contributed by atoms with Gasteiger partial charge < -0.3 is 10.1 Å². The van der Waals surface area contributed by atoms with E-state index in [2.05, 4.69) is 10.1 Å². The average molecular weight is 361 g/mol. The zero-order chi connectivity index (χ0) is 18.4. The van der Waals surface area contributed by atoms with Crippen molar-refractivity contribution in [2.24, 2.45) is 0 Å². The number of aryl methyl sites for hydroxylation is 1. The molecule has 0 spiro atoms. The van der Waals surface area contributed by atoms with Gasteiger partial charge in [-0.1, -0.05) is 29.8 Å². The van der Waals surface area contributed by atoms with Gasteiger partial charge in [-0.25, -0.2) is 13.2 Å². The van der Waals surface area contributed by atoms with E-state index in [-0.39, 0.29) is 28.3 Å². The Hall–Kier alpha value is -2.67. The summed E-state index contributed by atoms with van der Waals surface area (Å²) in [6, 6.07) is 12.8. The molecular formula is C18H19NO5S. The van der Waals surface area contributed by atoms with Gasteiger partial charge in [0.25, 0.3) is 0 Å². The van der Waals surface area contributed by atoms with Gasteiger partial charge in [0.05, 0.1) is 29.0 Å². The zero-order valence-corrected chi connectivity index (χ0v) is 14.8. The van der Waals surface area contributed by atoms with Crippen LogP contribution in [0, 0.1) is 6.92 Å². The van der Waals surface area contributed by atoms with Gasteiger partial charge in [-0.15, -0.1) is 0 Å². The third-order valence-corrected chi connectivity index (χ3v) is 5.32. The summed E-state index contributed by atoms with van der Waals surface area (Å²) in [6.07, 6.45) is -0.217. The summed E-state index contributed by atoms with van der Waals surface area (Å²) in [6.45, 7) is 1.86. The van der Waals surface area contributed by atoms with Crippen molar-refractivity contribution in [1.29, 1.82) is 0 Å². The Balaban J connectivity index is 2.04. The second-order valence-electron chi connectivity index (χ2n) is 5.47. The summed E-state index contributed by atoms with van der Waals surface area (Å²) in [5, 5.41) is 2.55. The standard InChI is InChI=1S/C18H19NO5S/c1-13-7-9-14(10-8-13)25(22,23)12-11-17(20)19-16-6-4-3-5-15(16)18(21)24-2/h3-10H,11-12H2,1-2H3,(H,19,20). The van der Waals surface area contributed by atoms with Gasteiger partial charge in [0.15, 0.2) is 9.84 Å². The second kappa shape index (κ2) is 7.94. The first-order chi connectivity index (χ1) is 11.8. The SMILES string of the molecule is COC(=O)c1ccccc1NC(=O)CCS(=O)(=O)c1ccc(C)cc1. The number of nitrogens with one attached hydrogen (secondary N) is 1. The number of benzene rings is 2. The fraction of sp³-hybridized carbons (Fsp3) is 0.222. The molecule has 0 aromatic heterocycles. The molecule has 0 atom stereocenters. The van der Waals surface area contributed by atoms with E-state index in [1.807, 2.05) is 6.92 Å². The molecule has 2 aromatic carbocycles. The fourth-order valence-corrected chi connectivity index (χ4v) is 3.42. The Morgan fingerprint density at radius 3 is 2.32 bits per heavy atom. The van der Waals surface area contributed by atoms with E-state index in [4.69, 9.17) is 0 Å². The van der Waals surface area contributed by atoms with Crippen LogP contribution in [-0.4, -0.2) is 33.2 Å². The molecule has 2 aromatic rings. The molecule has 2 rings (SSSR count). The molecule has 0 saturated heterocycles. The van der Waals surface area contributed by atoms with E-state index in [0.717, 1.165) is 5.56 Å². The molecule has 0 fully saturated rings. The van der Waals surface area contributed by atoms with Crippen LogP contribution in [-0.2, 0) is 19.4 Å². The predicted molar refractivity (Wildman–Crippen MR) is 94.3 cm³/mol. The first-order valence-electron chi connectivity index (χ1n) is 7.60. The zero-order valence-electron chi connectivity index (χ0n) is 14.0. The van der Waals surface area contributed by atoms with Crippen molar-refractivity contribution in [3.05, 3.63) is 59.7 Å². The summed E-state index contributed by atoms with van der Waals surface area (Å²) >= 11 is 0. The fourth-order valence-electron chi connectivity index (χ4n) is 2.18. The number of hydrogen-bond donors (Lipinski definition) is 1. The average Bonchev–Trinajstić information content (AvgIpc) is 2.60. The maximum Gasteiger partial charge on any atom is 0.339 e. The molecule has 132 valence electrons. The predicted octanol–water partition coefficient (Wildman–Crippen LogP) is 2.58. The molecule has 0 heterocycles. The van der Waals surface area contributed by atoms with Crippen LogP contribution < -0.4 is 5.32 Å². The minimum absolute atomic E-state index is 0.181.